The minimum Gasteiger partial charge on any atom is -0.314 e. The van der Waals surface area contributed by atoms with Crippen LogP contribution in [0, 0.1) is 0 Å². The highest BCUT2D eigenvalue weighted by Gasteiger charge is 2.22. The summed E-state index contributed by atoms with van der Waals surface area (Å²) in [6.07, 6.45) is 0. The predicted molar refractivity (Wildman–Crippen MR) is 58.7 cm³/mol. The lowest BCUT2D eigenvalue weighted by molar-refractivity contribution is 0.351. The molecule has 11 nitrogen and oxygen atoms in total. The maximum atomic E-state index is 10.1. The van der Waals surface area contributed by atoms with E-state index in [1.54, 1.807) is 0 Å². The summed E-state index contributed by atoms with van der Waals surface area (Å²) in [4.78, 5) is 0. The molecule has 0 aromatic heterocycles. The van der Waals surface area contributed by atoms with Crippen molar-refractivity contribution < 1.29 is 37.1 Å². The zero-order valence-corrected chi connectivity index (χ0v) is 11.3. The zero-order valence-electron chi connectivity index (χ0n) is 8.81. The monoisotopic (exact) mass is 328 g/mol. The Balaban J connectivity index is 0.000000397. The quantitative estimate of drug-likeness (QED) is 0.303. The average Bonchev–Trinajstić information content (AvgIpc) is 2.15. The van der Waals surface area contributed by atoms with Gasteiger partial charge in [-0.25, -0.2) is 8.42 Å². The fraction of sp³-hybridized carbons (Fsp3) is 1.00. The number of hydrogen-bond acceptors (Lipinski definition) is 10. The molecule has 0 aromatic rings. The van der Waals surface area contributed by atoms with E-state index in [4.69, 9.17) is 4.55 Å². The molecule has 1 saturated heterocycles. The van der Waals surface area contributed by atoms with Gasteiger partial charge in [0.1, 0.15) is 0 Å². The highest BCUT2D eigenvalue weighted by molar-refractivity contribution is 7.98. The van der Waals surface area contributed by atoms with Gasteiger partial charge < -0.3 is 10.6 Å². The molecule has 0 aromatic carbocycles. The molecule has 110 valence electrons. The third-order valence-electron chi connectivity index (χ3n) is 1.28. The van der Waals surface area contributed by atoms with Gasteiger partial charge in [-0.3, -0.25) is 4.55 Å². The summed E-state index contributed by atoms with van der Waals surface area (Å²) in [5.41, 5.74) is 0. The molecule has 0 aliphatic carbocycles. The Morgan fingerprint density at radius 3 is 1.56 bits per heavy atom. The summed E-state index contributed by atoms with van der Waals surface area (Å²) in [6.45, 7) is 4.56. The maximum absolute atomic E-state index is 10.1. The zero-order chi connectivity index (χ0) is 14.2. The van der Waals surface area contributed by atoms with Crippen molar-refractivity contribution in [2.24, 2.45) is 0 Å². The molecule has 0 bridgehead atoms. The fourth-order valence-corrected chi connectivity index (χ4v) is 2.56. The van der Waals surface area contributed by atoms with Crippen molar-refractivity contribution in [1.29, 1.82) is 0 Å². The average molecular weight is 328 g/mol. The molecule has 0 unspecified atom stereocenters. The Morgan fingerprint density at radius 1 is 0.944 bits per heavy atom. The van der Waals surface area contributed by atoms with Crippen LogP contribution in [0.2, 0.25) is 0 Å². The summed E-state index contributed by atoms with van der Waals surface area (Å²) in [5.74, 6) is 0. The summed E-state index contributed by atoms with van der Waals surface area (Å²) in [5, 5.41) is 6.44. The number of thiol groups is 1. The van der Waals surface area contributed by atoms with Gasteiger partial charge in [0.2, 0.25) is 0 Å². The van der Waals surface area contributed by atoms with Crippen molar-refractivity contribution in [3.63, 3.8) is 0 Å². The number of rotatable bonds is 4. The molecule has 0 amide bonds. The summed E-state index contributed by atoms with van der Waals surface area (Å²) < 4.78 is 72.3. The fourth-order valence-electron chi connectivity index (χ4n) is 0.796. The minimum absolute atomic E-state index is 1.14. The summed E-state index contributed by atoms with van der Waals surface area (Å²) in [6, 6.07) is 0. The van der Waals surface area contributed by atoms with E-state index in [1.807, 2.05) is 0 Å². The van der Waals surface area contributed by atoms with Crippen LogP contribution in [0.15, 0.2) is 0 Å². The second-order valence-corrected chi connectivity index (χ2v) is 5.96. The molecule has 0 radical (unpaired) electrons. The third-order valence-corrected chi connectivity index (χ3v) is 3.85. The van der Waals surface area contributed by atoms with Crippen LogP contribution in [-0.2, 0) is 39.0 Å². The Hall–Kier alpha value is -0.350. The van der Waals surface area contributed by atoms with Gasteiger partial charge in [0.15, 0.2) is 0 Å². The minimum atomic E-state index is -5.31. The van der Waals surface area contributed by atoms with E-state index < -0.39 is 31.8 Å². The van der Waals surface area contributed by atoms with Gasteiger partial charge in [0.05, 0.1) is 0 Å². The first-order valence-corrected chi connectivity index (χ1v) is 8.11. The van der Waals surface area contributed by atoms with Crippen molar-refractivity contribution in [2.75, 3.05) is 26.2 Å². The molecule has 1 heterocycles. The molecule has 18 heavy (non-hydrogen) atoms. The molecule has 1 rings (SSSR count). The van der Waals surface area contributed by atoms with Crippen molar-refractivity contribution in [1.82, 2.24) is 10.6 Å². The van der Waals surface area contributed by atoms with Crippen LogP contribution in [0.4, 0.5) is 0 Å². The molecule has 0 atom stereocenters. The van der Waals surface area contributed by atoms with E-state index in [2.05, 4.69) is 17.9 Å². The second kappa shape index (κ2) is 7.95. The Morgan fingerprint density at radius 2 is 1.33 bits per heavy atom. The highest BCUT2D eigenvalue weighted by atomic mass is 32.3. The molecule has 0 spiro atoms. The van der Waals surface area contributed by atoms with E-state index in [-0.39, 0.29) is 0 Å². The number of piperazine rings is 1. The van der Waals surface area contributed by atoms with Crippen LogP contribution >= 0.6 is 0 Å². The SMILES string of the molecule is C1CNCCN1.O=[SH](=O)OS(=O)(=O)OS(=O)(=O)O. The lowest BCUT2D eigenvalue weighted by atomic mass is 10.4. The van der Waals surface area contributed by atoms with Gasteiger partial charge in [-0.1, -0.05) is 3.63 Å². The Labute approximate surface area is 106 Å². The number of hydrogen-bond donors (Lipinski definition) is 4. The van der Waals surface area contributed by atoms with Gasteiger partial charge in [-0.15, -0.1) is 3.63 Å². The largest absolute Gasteiger partial charge is 0.430 e. The van der Waals surface area contributed by atoms with Gasteiger partial charge >= 0.3 is 20.8 Å². The van der Waals surface area contributed by atoms with Crippen LogP contribution < -0.4 is 10.6 Å². The van der Waals surface area contributed by atoms with Crippen molar-refractivity contribution in [3.8, 4) is 0 Å². The molecular formula is C4H12N2O9S3. The van der Waals surface area contributed by atoms with Crippen molar-refractivity contribution >= 4 is 31.8 Å². The predicted octanol–water partition coefficient (Wildman–Crippen LogP) is -3.23. The van der Waals surface area contributed by atoms with Crippen LogP contribution in [-0.4, -0.2) is 56.0 Å². The van der Waals surface area contributed by atoms with E-state index in [0.717, 1.165) is 26.2 Å². The molecular weight excluding hydrogens is 316 g/mol. The summed E-state index contributed by atoms with van der Waals surface area (Å²) in [7, 11) is -14.4. The first-order valence-electron chi connectivity index (χ1n) is 4.31. The topological polar surface area (TPSA) is 165 Å². The molecule has 1 aliphatic rings. The molecule has 3 N–H and O–H groups in total. The van der Waals surface area contributed by atoms with Gasteiger partial charge in [-0.2, -0.15) is 16.8 Å². The van der Waals surface area contributed by atoms with Crippen LogP contribution in [0.1, 0.15) is 0 Å². The highest BCUT2D eigenvalue weighted by Crippen LogP contribution is 2.00. The van der Waals surface area contributed by atoms with E-state index in [0.29, 0.717) is 0 Å². The van der Waals surface area contributed by atoms with E-state index in [1.165, 1.54) is 0 Å². The summed E-state index contributed by atoms with van der Waals surface area (Å²) >= 11 is 0. The van der Waals surface area contributed by atoms with E-state index >= 15 is 0 Å². The van der Waals surface area contributed by atoms with Crippen LogP contribution in [0.3, 0.4) is 0 Å². The Kier molecular flexibility index (Phi) is 7.79. The molecule has 1 aliphatic heterocycles. The smallest absolute Gasteiger partial charge is 0.314 e. The number of nitrogens with one attached hydrogen (secondary N) is 2. The van der Waals surface area contributed by atoms with Crippen molar-refractivity contribution in [2.45, 2.75) is 0 Å². The van der Waals surface area contributed by atoms with Gasteiger partial charge in [-0.05, 0) is 0 Å². The standard InChI is InChI=1S/C4H10N2.H2O9S3/c1-2-6-4-3-5-1;1-10(2)8-12(6,7)9-11(3,4)5/h5-6H,1-4H2;10H,(H,3,4,5). The molecule has 1 fully saturated rings. The van der Waals surface area contributed by atoms with Crippen LogP contribution in [0.25, 0.3) is 0 Å². The van der Waals surface area contributed by atoms with Gasteiger partial charge in [0.25, 0.3) is 11.0 Å². The lowest BCUT2D eigenvalue weighted by Crippen LogP contribution is -2.39. The molecule has 14 heteroatoms. The Bertz CT molecular complexity index is 482. The maximum Gasteiger partial charge on any atom is 0.430 e. The van der Waals surface area contributed by atoms with E-state index in [9.17, 15) is 25.3 Å². The lowest BCUT2D eigenvalue weighted by Gasteiger charge is -2.11. The first kappa shape index (κ1) is 17.6. The van der Waals surface area contributed by atoms with Crippen LogP contribution in [0.5, 0.6) is 0 Å². The first-order chi connectivity index (χ1) is 8.12. The van der Waals surface area contributed by atoms with Gasteiger partial charge in [0, 0.05) is 26.2 Å². The second-order valence-electron chi connectivity index (χ2n) is 2.70. The molecule has 0 saturated carbocycles. The third kappa shape index (κ3) is 12.1. The van der Waals surface area contributed by atoms with Crippen molar-refractivity contribution in [3.05, 3.63) is 0 Å². The normalized spacial score (nSPS) is 17.0.